The third-order valence-corrected chi connectivity index (χ3v) is 4.80. The molecule has 26 heavy (non-hydrogen) atoms. The van der Waals surface area contributed by atoms with Crippen LogP contribution in [0.5, 0.6) is 5.75 Å². The van der Waals surface area contributed by atoms with Gasteiger partial charge in [-0.2, -0.15) is 0 Å². The van der Waals surface area contributed by atoms with Crippen LogP contribution in [0.4, 0.5) is 0 Å². The summed E-state index contributed by atoms with van der Waals surface area (Å²) < 4.78 is 5.12. The lowest BCUT2D eigenvalue weighted by Crippen LogP contribution is -2.40. The zero-order valence-electron chi connectivity index (χ0n) is 15.1. The van der Waals surface area contributed by atoms with Crippen molar-refractivity contribution in [3.63, 3.8) is 0 Å². The van der Waals surface area contributed by atoms with E-state index in [2.05, 4.69) is 17.4 Å². The number of aliphatic hydroxyl groups excluding tert-OH is 1. The Morgan fingerprint density at radius 2 is 1.88 bits per heavy atom. The van der Waals surface area contributed by atoms with Gasteiger partial charge in [0, 0.05) is 18.7 Å². The molecule has 1 saturated heterocycles. The van der Waals surface area contributed by atoms with Crippen LogP contribution in [0.25, 0.3) is 0 Å². The molecule has 0 bridgehead atoms. The fourth-order valence-corrected chi connectivity index (χ4v) is 3.29. The molecule has 0 saturated carbocycles. The van der Waals surface area contributed by atoms with Gasteiger partial charge in [0.05, 0.1) is 19.3 Å². The smallest absolute Gasteiger partial charge is 0.254 e. The minimum atomic E-state index is -0.533. The normalized spacial score (nSPS) is 19.5. The average molecular weight is 354 g/mol. The van der Waals surface area contributed by atoms with E-state index in [1.807, 2.05) is 18.2 Å². The number of nitrogens with zero attached hydrogens (tertiary/aromatic N) is 1. The molecule has 2 aromatic carbocycles. The van der Waals surface area contributed by atoms with Crippen molar-refractivity contribution < 1.29 is 14.6 Å². The Morgan fingerprint density at radius 1 is 1.15 bits per heavy atom. The van der Waals surface area contributed by atoms with E-state index in [0.29, 0.717) is 18.7 Å². The molecule has 3 rings (SSSR count). The summed E-state index contributed by atoms with van der Waals surface area (Å²) in [6.07, 6.45) is 1.47. The molecule has 1 heterocycles. The first kappa shape index (κ1) is 18.4. The van der Waals surface area contributed by atoms with Crippen molar-refractivity contribution in [3.05, 3.63) is 65.7 Å². The quantitative estimate of drug-likeness (QED) is 0.748. The molecule has 2 atom stereocenters. The average Bonchev–Trinajstić information content (AvgIpc) is 3.06. The number of hydrogen-bond donors (Lipinski definition) is 2. The number of ether oxygens (including phenoxy) is 1. The summed E-state index contributed by atoms with van der Waals surface area (Å²) in [5.74, 6) is 0.668. The van der Waals surface area contributed by atoms with Crippen molar-refractivity contribution in [2.75, 3.05) is 26.7 Å². The first-order valence-electron chi connectivity index (χ1n) is 9.06. The summed E-state index contributed by atoms with van der Waals surface area (Å²) in [6, 6.07) is 17.4. The number of aryl methyl sites for hydroxylation is 1. The maximum atomic E-state index is 12.6. The van der Waals surface area contributed by atoms with Crippen LogP contribution < -0.4 is 10.1 Å². The summed E-state index contributed by atoms with van der Waals surface area (Å²) in [5.41, 5.74) is 1.93. The van der Waals surface area contributed by atoms with Gasteiger partial charge in [0.15, 0.2) is 0 Å². The molecule has 138 valence electrons. The van der Waals surface area contributed by atoms with E-state index in [4.69, 9.17) is 4.74 Å². The van der Waals surface area contributed by atoms with E-state index in [1.54, 1.807) is 36.3 Å². The van der Waals surface area contributed by atoms with E-state index in [9.17, 15) is 9.90 Å². The molecule has 1 fully saturated rings. The predicted octanol–water partition coefficient (Wildman–Crippen LogP) is 2.10. The van der Waals surface area contributed by atoms with Gasteiger partial charge in [-0.1, -0.05) is 30.3 Å². The molecule has 1 aliphatic heterocycles. The molecule has 0 aromatic heterocycles. The largest absolute Gasteiger partial charge is 0.497 e. The SMILES string of the molecule is COc1ccc(C(=O)N2C[C@@H](O)[C@H](NCCCc3ccccc3)C2)cc1. The zero-order chi connectivity index (χ0) is 18.4. The molecule has 5 nitrogen and oxygen atoms in total. The zero-order valence-corrected chi connectivity index (χ0v) is 15.1. The number of β-amino-alcohol motifs (C(OH)–C–C–N with tert-alkyl or cyclic N) is 1. The number of carbonyl (C=O) groups excluding carboxylic acids is 1. The van der Waals surface area contributed by atoms with Crippen LogP contribution in [0.1, 0.15) is 22.3 Å². The predicted molar refractivity (Wildman–Crippen MR) is 101 cm³/mol. The van der Waals surface area contributed by atoms with Crippen LogP contribution in [0, 0.1) is 0 Å². The summed E-state index contributed by atoms with van der Waals surface area (Å²) in [6.45, 7) is 1.71. The Bertz CT molecular complexity index is 703. The number of carbonyl (C=O) groups is 1. The van der Waals surface area contributed by atoms with Gasteiger partial charge in [0.25, 0.3) is 5.91 Å². The van der Waals surface area contributed by atoms with Crippen molar-refractivity contribution in [2.45, 2.75) is 25.0 Å². The summed E-state index contributed by atoms with van der Waals surface area (Å²) in [7, 11) is 1.60. The molecule has 1 aliphatic rings. The lowest BCUT2D eigenvalue weighted by molar-refractivity contribution is 0.0765. The van der Waals surface area contributed by atoms with Crippen LogP contribution in [-0.4, -0.2) is 54.8 Å². The van der Waals surface area contributed by atoms with E-state index >= 15 is 0 Å². The maximum absolute atomic E-state index is 12.6. The lowest BCUT2D eigenvalue weighted by Gasteiger charge is -2.17. The van der Waals surface area contributed by atoms with E-state index in [1.165, 1.54) is 5.56 Å². The number of hydrogen-bond acceptors (Lipinski definition) is 4. The lowest BCUT2D eigenvalue weighted by atomic mass is 10.1. The molecule has 5 heteroatoms. The number of benzene rings is 2. The molecule has 0 spiro atoms. The second kappa shape index (κ2) is 8.83. The van der Waals surface area contributed by atoms with Crippen molar-refractivity contribution in [3.8, 4) is 5.75 Å². The van der Waals surface area contributed by atoms with Crippen LogP contribution in [0.2, 0.25) is 0 Å². The van der Waals surface area contributed by atoms with Gasteiger partial charge < -0.3 is 20.1 Å². The van der Waals surface area contributed by atoms with Crippen molar-refractivity contribution >= 4 is 5.91 Å². The first-order chi connectivity index (χ1) is 12.7. The van der Waals surface area contributed by atoms with Gasteiger partial charge in [-0.25, -0.2) is 0 Å². The van der Waals surface area contributed by atoms with E-state index in [0.717, 1.165) is 25.1 Å². The van der Waals surface area contributed by atoms with Crippen LogP contribution in [-0.2, 0) is 6.42 Å². The molecule has 0 radical (unpaired) electrons. The van der Waals surface area contributed by atoms with Crippen molar-refractivity contribution in [1.82, 2.24) is 10.2 Å². The van der Waals surface area contributed by atoms with Gasteiger partial charge >= 0.3 is 0 Å². The fraction of sp³-hybridized carbons (Fsp3) is 0.381. The molecular weight excluding hydrogens is 328 g/mol. The van der Waals surface area contributed by atoms with Gasteiger partial charge in [-0.05, 0) is 49.2 Å². The van der Waals surface area contributed by atoms with Gasteiger partial charge in [-0.15, -0.1) is 0 Å². The van der Waals surface area contributed by atoms with Crippen LogP contribution >= 0.6 is 0 Å². The van der Waals surface area contributed by atoms with E-state index in [-0.39, 0.29) is 11.9 Å². The summed E-state index contributed by atoms with van der Waals surface area (Å²) in [4.78, 5) is 14.3. The fourth-order valence-electron chi connectivity index (χ4n) is 3.29. The Hall–Kier alpha value is -2.37. The summed E-state index contributed by atoms with van der Waals surface area (Å²) in [5, 5.41) is 13.7. The Balaban J connectivity index is 1.46. The number of amides is 1. The minimum absolute atomic E-state index is 0.0553. The first-order valence-corrected chi connectivity index (χ1v) is 9.06. The topological polar surface area (TPSA) is 61.8 Å². The standard InChI is InChI=1S/C21H26N2O3/c1-26-18-11-9-17(10-12-18)21(25)23-14-19(20(24)15-23)22-13-5-8-16-6-3-2-4-7-16/h2-4,6-7,9-12,19-20,22,24H,5,8,13-15H2,1H3/t19-,20-/m1/s1. The highest BCUT2D eigenvalue weighted by atomic mass is 16.5. The van der Waals surface area contributed by atoms with Gasteiger partial charge in [0.2, 0.25) is 0 Å². The number of likely N-dealkylation sites (tertiary alicyclic amines) is 1. The van der Waals surface area contributed by atoms with Crippen LogP contribution in [0.15, 0.2) is 54.6 Å². The number of nitrogens with one attached hydrogen (secondary N) is 1. The molecular formula is C21H26N2O3. The molecule has 2 N–H and O–H groups in total. The Labute approximate surface area is 154 Å². The highest BCUT2D eigenvalue weighted by Crippen LogP contribution is 2.17. The summed E-state index contributed by atoms with van der Waals surface area (Å²) >= 11 is 0. The molecule has 0 unspecified atom stereocenters. The van der Waals surface area contributed by atoms with Crippen LogP contribution in [0.3, 0.4) is 0 Å². The molecule has 0 aliphatic carbocycles. The highest BCUT2D eigenvalue weighted by Gasteiger charge is 2.33. The molecule has 1 amide bonds. The third-order valence-electron chi connectivity index (χ3n) is 4.80. The minimum Gasteiger partial charge on any atom is -0.497 e. The highest BCUT2D eigenvalue weighted by molar-refractivity contribution is 5.94. The monoisotopic (exact) mass is 354 g/mol. The Morgan fingerprint density at radius 3 is 2.58 bits per heavy atom. The molecule has 2 aromatic rings. The van der Waals surface area contributed by atoms with E-state index < -0.39 is 6.10 Å². The number of aliphatic hydroxyl groups is 1. The number of methoxy groups -OCH3 is 1. The second-order valence-electron chi connectivity index (χ2n) is 6.66. The maximum Gasteiger partial charge on any atom is 0.254 e. The number of rotatable bonds is 7. The second-order valence-corrected chi connectivity index (χ2v) is 6.66. The van der Waals surface area contributed by atoms with Gasteiger partial charge in [0.1, 0.15) is 5.75 Å². The van der Waals surface area contributed by atoms with Crippen molar-refractivity contribution in [2.24, 2.45) is 0 Å². The van der Waals surface area contributed by atoms with Gasteiger partial charge in [-0.3, -0.25) is 4.79 Å². The third kappa shape index (κ3) is 4.62. The Kier molecular flexibility index (Phi) is 6.26. The van der Waals surface area contributed by atoms with Crippen molar-refractivity contribution in [1.29, 1.82) is 0 Å².